The molecule has 4 heteroatoms. The Kier molecular flexibility index (Phi) is 4.76. The zero-order chi connectivity index (χ0) is 18.0. The second-order valence-electron chi connectivity index (χ2n) is 6.01. The summed E-state index contributed by atoms with van der Waals surface area (Å²) in [6.07, 6.45) is 3.08. The van der Waals surface area contributed by atoms with Gasteiger partial charge >= 0.3 is 0 Å². The van der Waals surface area contributed by atoms with Crippen LogP contribution in [0.5, 0.6) is 0 Å². The summed E-state index contributed by atoms with van der Waals surface area (Å²) in [4.78, 5) is 0. The van der Waals surface area contributed by atoms with Crippen LogP contribution in [0.1, 0.15) is 30.9 Å². The van der Waals surface area contributed by atoms with Gasteiger partial charge in [-0.1, -0.05) is 43.7 Å². The van der Waals surface area contributed by atoms with Crippen LogP contribution in [0.25, 0.3) is 21.9 Å². The fraction of sp³-hybridized carbons (Fsp3) is 0.190. The van der Waals surface area contributed by atoms with Crippen LogP contribution >= 0.6 is 0 Å². The topological polar surface area (TPSA) is 23.8 Å². The van der Waals surface area contributed by atoms with Gasteiger partial charge in [0, 0.05) is 10.9 Å². The van der Waals surface area contributed by atoms with E-state index in [1.54, 1.807) is 12.1 Å². The van der Waals surface area contributed by atoms with Gasteiger partial charge in [0.2, 0.25) is 0 Å². The first-order chi connectivity index (χ1) is 12.0. The number of halogens is 3. The summed E-state index contributed by atoms with van der Waals surface area (Å²) >= 11 is 0. The highest BCUT2D eigenvalue weighted by Crippen LogP contribution is 2.31. The third-order valence-corrected chi connectivity index (χ3v) is 4.30. The molecule has 0 amide bonds. The summed E-state index contributed by atoms with van der Waals surface area (Å²) in [5.41, 5.74) is 0.655. The lowest BCUT2D eigenvalue weighted by atomic mass is 9.97. The van der Waals surface area contributed by atoms with Crippen LogP contribution in [-0.4, -0.2) is 0 Å². The van der Waals surface area contributed by atoms with Crippen molar-refractivity contribution in [2.45, 2.75) is 26.2 Å². The van der Waals surface area contributed by atoms with Crippen molar-refractivity contribution >= 4 is 10.8 Å². The van der Waals surface area contributed by atoms with Crippen LogP contribution in [0.4, 0.5) is 13.2 Å². The maximum atomic E-state index is 14.9. The van der Waals surface area contributed by atoms with E-state index in [1.807, 2.05) is 12.1 Å². The highest BCUT2D eigenvalue weighted by Gasteiger charge is 2.15. The molecule has 0 saturated carbocycles. The molecule has 0 saturated heterocycles. The van der Waals surface area contributed by atoms with E-state index in [0.717, 1.165) is 42.3 Å². The smallest absolute Gasteiger partial charge is 0.144 e. The minimum Gasteiger partial charge on any atom is -0.206 e. The number of nitriles is 1. The molecule has 0 fully saturated rings. The van der Waals surface area contributed by atoms with Crippen molar-refractivity contribution in [2.24, 2.45) is 0 Å². The molecule has 0 aromatic heterocycles. The molecule has 0 N–H and O–H groups in total. The molecule has 0 spiro atoms. The van der Waals surface area contributed by atoms with Crippen molar-refractivity contribution < 1.29 is 13.2 Å². The van der Waals surface area contributed by atoms with E-state index >= 15 is 0 Å². The fourth-order valence-corrected chi connectivity index (χ4v) is 2.94. The summed E-state index contributed by atoms with van der Waals surface area (Å²) < 4.78 is 42.5. The zero-order valence-corrected chi connectivity index (χ0v) is 13.7. The van der Waals surface area contributed by atoms with Gasteiger partial charge in [-0.2, -0.15) is 5.26 Å². The molecule has 0 heterocycles. The lowest BCUT2D eigenvalue weighted by molar-refractivity contribution is 0.577. The first kappa shape index (κ1) is 17.0. The minimum absolute atomic E-state index is 0.0726. The van der Waals surface area contributed by atoms with Gasteiger partial charge in [-0.25, -0.2) is 13.2 Å². The van der Waals surface area contributed by atoms with E-state index in [9.17, 15) is 13.2 Å². The zero-order valence-electron chi connectivity index (χ0n) is 13.7. The van der Waals surface area contributed by atoms with Gasteiger partial charge < -0.3 is 0 Å². The fourth-order valence-electron chi connectivity index (χ4n) is 2.94. The second kappa shape index (κ2) is 6.98. The van der Waals surface area contributed by atoms with E-state index in [4.69, 9.17) is 5.26 Å². The second-order valence-corrected chi connectivity index (χ2v) is 6.01. The van der Waals surface area contributed by atoms with Crippen LogP contribution in [0, 0.1) is 28.8 Å². The van der Waals surface area contributed by atoms with Crippen molar-refractivity contribution in [3.05, 3.63) is 71.0 Å². The molecular weight excluding hydrogens is 323 g/mol. The van der Waals surface area contributed by atoms with Gasteiger partial charge in [0.05, 0.1) is 0 Å². The number of hydrogen-bond donors (Lipinski definition) is 0. The van der Waals surface area contributed by atoms with E-state index in [0.29, 0.717) is 5.39 Å². The lowest BCUT2D eigenvalue weighted by Crippen LogP contribution is -1.94. The summed E-state index contributed by atoms with van der Waals surface area (Å²) in [5.74, 6) is -2.51. The van der Waals surface area contributed by atoms with Crippen molar-refractivity contribution in [1.29, 1.82) is 5.26 Å². The monoisotopic (exact) mass is 339 g/mol. The van der Waals surface area contributed by atoms with Gasteiger partial charge in [-0.15, -0.1) is 0 Å². The Labute approximate surface area is 144 Å². The molecule has 0 aliphatic carbocycles. The van der Waals surface area contributed by atoms with E-state index in [1.165, 1.54) is 12.1 Å². The number of aryl methyl sites for hydroxylation is 1. The molecule has 0 aliphatic heterocycles. The Morgan fingerprint density at radius 3 is 2.32 bits per heavy atom. The molecule has 25 heavy (non-hydrogen) atoms. The molecule has 1 nitrogen and oxygen atoms in total. The average Bonchev–Trinajstić information content (AvgIpc) is 2.60. The first-order valence-corrected chi connectivity index (χ1v) is 8.15. The molecule has 0 radical (unpaired) electrons. The molecule has 0 aliphatic rings. The Morgan fingerprint density at radius 1 is 0.960 bits per heavy atom. The van der Waals surface area contributed by atoms with Crippen molar-refractivity contribution in [2.75, 3.05) is 0 Å². The largest absolute Gasteiger partial charge is 0.206 e. The number of benzene rings is 3. The summed E-state index contributed by atoms with van der Waals surface area (Å²) in [7, 11) is 0. The molecule has 3 aromatic rings. The molecular formula is C21H16F3N. The van der Waals surface area contributed by atoms with Crippen molar-refractivity contribution in [3.8, 4) is 17.2 Å². The van der Waals surface area contributed by atoms with E-state index < -0.39 is 23.0 Å². The molecule has 3 rings (SSSR count). The Bertz CT molecular complexity index is 963. The number of fused-ring (bicyclic) bond motifs is 1. The van der Waals surface area contributed by atoms with E-state index in [-0.39, 0.29) is 11.1 Å². The molecule has 126 valence electrons. The summed E-state index contributed by atoms with van der Waals surface area (Å²) in [5, 5.41) is 9.90. The van der Waals surface area contributed by atoms with E-state index in [2.05, 4.69) is 6.92 Å². The third kappa shape index (κ3) is 3.23. The Morgan fingerprint density at radius 2 is 1.68 bits per heavy atom. The van der Waals surface area contributed by atoms with Gasteiger partial charge in [0.15, 0.2) is 0 Å². The highest BCUT2D eigenvalue weighted by molar-refractivity contribution is 5.88. The van der Waals surface area contributed by atoms with Crippen molar-refractivity contribution in [3.63, 3.8) is 0 Å². The standard InChI is InChI=1S/C21H16F3N/c1-2-3-4-13-5-7-16-14(9-13)6-8-17(21(16)24)15-10-19(22)18(12-25)20(23)11-15/h5-11H,2-4H2,1H3. The predicted octanol–water partition coefficient (Wildman–Crippen LogP) is 6.14. The molecule has 0 bridgehead atoms. The van der Waals surface area contributed by atoms with Crippen LogP contribution in [-0.2, 0) is 6.42 Å². The number of rotatable bonds is 4. The number of hydrogen-bond acceptors (Lipinski definition) is 1. The normalized spacial score (nSPS) is 10.8. The maximum Gasteiger partial charge on any atom is 0.144 e. The Balaban J connectivity index is 2.09. The first-order valence-electron chi connectivity index (χ1n) is 8.15. The highest BCUT2D eigenvalue weighted by atomic mass is 19.1. The van der Waals surface area contributed by atoms with Gasteiger partial charge in [-0.3, -0.25) is 0 Å². The molecule has 3 aromatic carbocycles. The van der Waals surface area contributed by atoms with Crippen LogP contribution < -0.4 is 0 Å². The van der Waals surface area contributed by atoms with Crippen LogP contribution in [0.3, 0.4) is 0 Å². The van der Waals surface area contributed by atoms with Crippen LogP contribution in [0.2, 0.25) is 0 Å². The summed E-state index contributed by atoms with van der Waals surface area (Å²) in [6.45, 7) is 2.11. The number of unbranched alkanes of at least 4 members (excludes halogenated alkanes) is 1. The average molecular weight is 339 g/mol. The third-order valence-electron chi connectivity index (χ3n) is 4.30. The van der Waals surface area contributed by atoms with Gasteiger partial charge in [0.25, 0.3) is 0 Å². The quantitative estimate of drug-likeness (QED) is 0.560. The predicted molar refractivity (Wildman–Crippen MR) is 92.6 cm³/mol. The lowest BCUT2D eigenvalue weighted by Gasteiger charge is -2.10. The van der Waals surface area contributed by atoms with Crippen molar-refractivity contribution in [1.82, 2.24) is 0 Å². The molecule has 0 atom stereocenters. The van der Waals surface area contributed by atoms with Crippen LogP contribution in [0.15, 0.2) is 42.5 Å². The molecule has 0 unspecified atom stereocenters. The van der Waals surface area contributed by atoms with Gasteiger partial charge in [0.1, 0.15) is 29.1 Å². The Hall–Kier alpha value is -2.80. The SMILES string of the molecule is CCCCc1ccc2c(F)c(-c3cc(F)c(C#N)c(F)c3)ccc2c1. The number of nitrogens with zero attached hydrogens (tertiary/aromatic N) is 1. The minimum atomic E-state index is -0.994. The maximum absolute atomic E-state index is 14.9. The van der Waals surface area contributed by atoms with Gasteiger partial charge in [-0.05, 0) is 41.5 Å². The summed E-state index contributed by atoms with van der Waals surface area (Å²) in [6, 6.07) is 12.2.